The van der Waals surface area contributed by atoms with Gasteiger partial charge in [-0.15, -0.1) is 0 Å². The summed E-state index contributed by atoms with van der Waals surface area (Å²) in [4.78, 5) is 4.92. The highest BCUT2D eigenvalue weighted by Crippen LogP contribution is 2.37. The first-order chi connectivity index (χ1) is 13.4. The van der Waals surface area contributed by atoms with Crippen LogP contribution in [-0.4, -0.2) is 12.6 Å². The van der Waals surface area contributed by atoms with Crippen molar-refractivity contribution in [3.8, 4) is 5.75 Å². The molecule has 0 radical (unpaired) electrons. The summed E-state index contributed by atoms with van der Waals surface area (Å²) in [6, 6.07) is 4.25. The van der Waals surface area contributed by atoms with E-state index in [2.05, 4.69) is 4.99 Å². The van der Waals surface area contributed by atoms with Gasteiger partial charge in [-0.05, 0) is 42.5 Å². The van der Waals surface area contributed by atoms with Crippen LogP contribution in [0.1, 0.15) is 11.1 Å². The lowest BCUT2D eigenvalue weighted by Gasteiger charge is -2.27. The molecule has 0 spiro atoms. The van der Waals surface area contributed by atoms with Crippen LogP contribution in [0, 0.1) is 5.82 Å². The van der Waals surface area contributed by atoms with Crippen molar-refractivity contribution in [3.63, 3.8) is 0 Å². The highest BCUT2D eigenvalue weighted by molar-refractivity contribution is 6.31. The van der Waals surface area contributed by atoms with Gasteiger partial charge in [-0.3, -0.25) is 4.90 Å². The maximum Gasteiger partial charge on any atom is 0.417 e. The number of hydrogen-bond donors (Lipinski definition) is 0. The van der Waals surface area contributed by atoms with Crippen molar-refractivity contribution in [2.45, 2.75) is 12.4 Å². The predicted octanol–water partition coefficient (Wildman–Crippen LogP) is 6.29. The maximum absolute atomic E-state index is 13.7. The fourth-order valence-electron chi connectivity index (χ4n) is 2.50. The summed E-state index contributed by atoms with van der Waals surface area (Å²) in [6.07, 6.45) is -6.82. The molecule has 0 fully saturated rings. The van der Waals surface area contributed by atoms with Gasteiger partial charge in [-0.1, -0.05) is 11.6 Å². The summed E-state index contributed by atoms with van der Waals surface area (Å²) < 4.78 is 97.0. The summed E-state index contributed by atoms with van der Waals surface area (Å²) in [6.45, 7) is -0.0424. The van der Waals surface area contributed by atoms with Crippen LogP contribution in [0.4, 0.5) is 36.4 Å². The van der Waals surface area contributed by atoms with Gasteiger partial charge in [0.05, 0.1) is 16.1 Å². The minimum atomic E-state index is -4.79. The molecule has 1 aliphatic heterocycles. The van der Waals surface area contributed by atoms with Crippen molar-refractivity contribution in [1.82, 2.24) is 0 Å². The van der Waals surface area contributed by atoms with Crippen molar-refractivity contribution in [2.75, 3.05) is 11.4 Å². The van der Waals surface area contributed by atoms with Crippen molar-refractivity contribution >= 4 is 23.3 Å². The van der Waals surface area contributed by atoms with E-state index in [1.54, 1.807) is 0 Å². The first-order valence-corrected chi connectivity index (χ1v) is 8.25. The first kappa shape index (κ1) is 21.0. The Morgan fingerprint density at radius 1 is 0.966 bits per heavy atom. The van der Waals surface area contributed by atoms with Crippen molar-refractivity contribution in [3.05, 3.63) is 70.6 Å². The summed E-state index contributed by atoms with van der Waals surface area (Å²) in [7, 11) is 0. The number of hydrogen-bond acceptors (Lipinski definition) is 3. The number of ether oxygens (including phenoxy) is 1. The summed E-state index contributed by atoms with van der Waals surface area (Å²) in [5, 5.41) is -0.549. The van der Waals surface area contributed by atoms with Crippen molar-refractivity contribution < 1.29 is 35.5 Å². The molecule has 0 atom stereocenters. The van der Waals surface area contributed by atoms with Gasteiger partial charge in [0.15, 0.2) is 0 Å². The number of halogens is 8. The zero-order chi connectivity index (χ0) is 21.4. The molecule has 0 unspecified atom stereocenters. The third kappa shape index (κ3) is 4.81. The fourth-order valence-corrected chi connectivity index (χ4v) is 2.72. The highest BCUT2D eigenvalue weighted by atomic mass is 35.5. The Kier molecular flexibility index (Phi) is 5.48. The van der Waals surface area contributed by atoms with E-state index in [0.29, 0.717) is 18.2 Å². The van der Waals surface area contributed by atoms with Crippen LogP contribution in [0.15, 0.2) is 53.7 Å². The van der Waals surface area contributed by atoms with Crippen LogP contribution >= 0.6 is 11.6 Å². The first-order valence-electron chi connectivity index (χ1n) is 7.88. The molecule has 0 aromatic heterocycles. The number of alkyl halides is 6. The van der Waals surface area contributed by atoms with Gasteiger partial charge in [0.1, 0.15) is 11.6 Å². The van der Waals surface area contributed by atoms with E-state index in [4.69, 9.17) is 16.3 Å². The normalized spacial score (nSPS) is 14.8. The molecule has 3 nitrogen and oxygen atoms in total. The standard InChI is InChI=1S/C18H10ClF7N2O/c19-15-3-2-13(9-14(15)18(24,25)26)29-16-27-4-1-5-28(16)12-7-10(17(21,22)23)6-11(20)8-12/h1-4,6-9H,5H2. The SMILES string of the molecule is Fc1cc(N2CC=CN=C2Oc2ccc(Cl)c(C(F)(F)F)c2)cc(C(F)(F)F)c1. The van der Waals surface area contributed by atoms with E-state index in [-0.39, 0.29) is 24.0 Å². The van der Waals surface area contributed by atoms with Crippen LogP contribution < -0.4 is 9.64 Å². The molecule has 1 aliphatic rings. The number of nitrogens with zero attached hydrogens (tertiary/aromatic N) is 2. The topological polar surface area (TPSA) is 24.8 Å². The van der Waals surface area contributed by atoms with Crippen LogP contribution in [0.5, 0.6) is 5.75 Å². The van der Waals surface area contributed by atoms with Gasteiger partial charge in [-0.25, -0.2) is 9.38 Å². The third-order valence-electron chi connectivity index (χ3n) is 3.78. The second-order valence-corrected chi connectivity index (χ2v) is 6.25. The quantitative estimate of drug-likeness (QED) is 0.515. The maximum atomic E-state index is 13.7. The molecule has 154 valence electrons. The molecule has 2 aromatic rings. The van der Waals surface area contributed by atoms with E-state index < -0.39 is 34.3 Å². The Balaban J connectivity index is 1.95. The van der Waals surface area contributed by atoms with Crippen LogP contribution in [0.25, 0.3) is 0 Å². The highest BCUT2D eigenvalue weighted by Gasteiger charge is 2.34. The van der Waals surface area contributed by atoms with Gasteiger partial charge in [0.2, 0.25) is 0 Å². The number of benzene rings is 2. The zero-order valence-electron chi connectivity index (χ0n) is 14.2. The molecule has 29 heavy (non-hydrogen) atoms. The molecule has 0 saturated carbocycles. The second-order valence-electron chi connectivity index (χ2n) is 5.84. The summed E-state index contributed by atoms with van der Waals surface area (Å²) >= 11 is 5.55. The molecule has 0 saturated heterocycles. The number of rotatable bonds is 2. The van der Waals surface area contributed by atoms with E-state index in [9.17, 15) is 30.7 Å². The van der Waals surface area contributed by atoms with Gasteiger partial charge in [-0.2, -0.15) is 26.3 Å². The fraction of sp³-hybridized carbons (Fsp3) is 0.167. The summed E-state index contributed by atoms with van der Waals surface area (Å²) in [5.74, 6) is -1.44. The zero-order valence-corrected chi connectivity index (χ0v) is 14.9. The summed E-state index contributed by atoms with van der Waals surface area (Å²) in [5.41, 5.74) is -2.61. The number of anilines is 1. The molecule has 0 amide bonds. The van der Waals surface area contributed by atoms with E-state index in [1.807, 2.05) is 0 Å². The Hall–Kier alpha value is -2.75. The molecule has 2 aromatic carbocycles. The van der Waals surface area contributed by atoms with E-state index in [1.165, 1.54) is 12.3 Å². The molecule has 3 rings (SSSR count). The second kappa shape index (κ2) is 7.58. The number of amidine groups is 1. The molecule has 0 aliphatic carbocycles. The van der Waals surface area contributed by atoms with E-state index >= 15 is 0 Å². The van der Waals surface area contributed by atoms with Crippen molar-refractivity contribution in [1.29, 1.82) is 0 Å². The Morgan fingerprint density at radius 3 is 2.34 bits per heavy atom. The Labute approximate surface area is 164 Å². The Morgan fingerprint density at radius 2 is 1.69 bits per heavy atom. The van der Waals surface area contributed by atoms with Gasteiger partial charge in [0.25, 0.3) is 0 Å². The predicted molar refractivity (Wildman–Crippen MR) is 92.4 cm³/mol. The molecule has 1 heterocycles. The minimum Gasteiger partial charge on any atom is -0.425 e. The smallest absolute Gasteiger partial charge is 0.417 e. The average Bonchev–Trinajstić information content (AvgIpc) is 2.61. The Bertz CT molecular complexity index is 983. The number of aliphatic imine (C=N–C) groups is 1. The molecular formula is C18H10ClF7N2O. The van der Waals surface area contributed by atoms with E-state index in [0.717, 1.165) is 23.1 Å². The lowest BCUT2D eigenvalue weighted by Crippen LogP contribution is -2.37. The monoisotopic (exact) mass is 438 g/mol. The molecule has 0 N–H and O–H groups in total. The molecule has 0 bridgehead atoms. The van der Waals surface area contributed by atoms with Gasteiger partial charge >= 0.3 is 18.4 Å². The van der Waals surface area contributed by atoms with Crippen molar-refractivity contribution in [2.24, 2.45) is 4.99 Å². The molecule has 11 heteroatoms. The largest absolute Gasteiger partial charge is 0.425 e. The third-order valence-corrected chi connectivity index (χ3v) is 4.11. The lowest BCUT2D eigenvalue weighted by atomic mass is 10.1. The van der Waals surface area contributed by atoms with Gasteiger partial charge < -0.3 is 4.74 Å². The lowest BCUT2D eigenvalue weighted by molar-refractivity contribution is -0.138. The molecular weight excluding hydrogens is 429 g/mol. The van der Waals surface area contributed by atoms with Crippen LogP contribution in [0.3, 0.4) is 0 Å². The minimum absolute atomic E-state index is 0.0424. The van der Waals surface area contributed by atoms with Crippen LogP contribution in [-0.2, 0) is 12.4 Å². The van der Waals surface area contributed by atoms with Crippen LogP contribution in [0.2, 0.25) is 5.02 Å². The van der Waals surface area contributed by atoms with Gasteiger partial charge in [0, 0.05) is 18.4 Å². The average molecular weight is 439 g/mol.